The normalized spacial score (nSPS) is 23.3. The number of carbonyl (C=O) groups excluding carboxylic acids is 3. The first-order valence-electron chi connectivity index (χ1n) is 11.5. The van der Waals surface area contributed by atoms with Crippen LogP contribution < -0.4 is 10.0 Å². The van der Waals surface area contributed by atoms with Gasteiger partial charge in [-0.15, -0.1) is 0 Å². The van der Waals surface area contributed by atoms with Gasteiger partial charge in [-0.3, -0.25) is 19.3 Å². The van der Waals surface area contributed by atoms with Crippen LogP contribution in [-0.4, -0.2) is 47.6 Å². The minimum atomic E-state index is -3.87. The molecule has 1 saturated carbocycles. The highest BCUT2D eigenvalue weighted by Crippen LogP contribution is 2.60. The molecule has 2 bridgehead atoms. The molecular weight excluding hydrogens is 470 g/mol. The van der Waals surface area contributed by atoms with Gasteiger partial charge in [0, 0.05) is 37.0 Å². The predicted molar refractivity (Wildman–Crippen MR) is 128 cm³/mol. The van der Waals surface area contributed by atoms with Gasteiger partial charge in [-0.1, -0.05) is 20.8 Å². The molecule has 2 N–H and O–H groups in total. The van der Waals surface area contributed by atoms with Gasteiger partial charge >= 0.3 is 0 Å². The maximum Gasteiger partial charge on any atom is 0.264 e. The number of piperidine rings is 1. The average Bonchev–Trinajstić information content (AvgIpc) is 3.00. The molecule has 2 unspecified atom stereocenters. The van der Waals surface area contributed by atoms with Crippen molar-refractivity contribution in [3.05, 3.63) is 42.7 Å². The molecule has 11 heteroatoms. The number of nitrogens with zero attached hydrogens (tertiary/aromatic N) is 3. The zero-order valence-electron chi connectivity index (χ0n) is 19.9. The van der Waals surface area contributed by atoms with E-state index in [1.165, 1.54) is 41.6 Å². The lowest BCUT2D eigenvalue weighted by atomic mass is 9.62. The number of aromatic nitrogens is 2. The monoisotopic (exact) mass is 499 g/mol. The Bertz CT molecular complexity index is 1250. The summed E-state index contributed by atoms with van der Waals surface area (Å²) in [5, 5.41) is 2.71. The first-order chi connectivity index (χ1) is 16.5. The maximum atomic E-state index is 13.1. The van der Waals surface area contributed by atoms with Gasteiger partial charge in [-0.25, -0.2) is 23.1 Å². The summed E-state index contributed by atoms with van der Waals surface area (Å²) in [6.07, 6.45) is 4.73. The number of fused-ring (bicyclic) bond motifs is 2. The fourth-order valence-corrected chi connectivity index (χ4v) is 5.94. The first-order valence-corrected chi connectivity index (χ1v) is 13.0. The van der Waals surface area contributed by atoms with Gasteiger partial charge in [0.1, 0.15) is 0 Å². The number of carbonyl (C=O) groups is 3. The van der Waals surface area contributed by atoms with E-state index in [1.807, 2.05) is 20.8 Å². The molecule has 3 amide bonds. The van der Waals surface area contributed by atoms with Gasteiger partial charge < -0.3 is 5.32 Å². The molecule has 2 aromatic rings. The van der Waals surface area contributed by atoms with Crippen LogP contribution in [0.5, 0.6) is 0 Å². The van der Waals surface area contributed by atoms with Gasteiger partial charge in [0.15, 0.2) is 0 Å². The molecule has 35 heavy (non-hydrogen) atoms. The zero-order chi connectivity index (χ0) is 25.4. The Morgan fingerprint density at radius 3 is 2.43 bits per heavy atom. The summed E-state index contributed by atoms with van der Waals surface area (Å²) in [5.41, 5.74) is -0.488. The molecule has 2 atom stereocenters. The van der Waals surface area contributed by atoms with E-state index in [-0.39, 0.29) is 52.9 Å². The Morgan fingerprint density at radius 1 is 1.11 bits per heavy atom. The Hall–Kier alpha value is -3.34. The number of benzene rings is 1. The van der Waals surface area contributed by atoms with Crippen LogP contribution >= 0.6 is 0 Å². The molecule has 2 aliphatic rings. The standard InChI is InChI=1S/C24H29N5O5S/c1-23(2)18-11-12-24(23,3)21(32)29(20(18)31)15-4-6-19(30)27-16-7-9-17(10-8-16)35(33,34)28-22-25-13-5-14-26-22/h5,7-10,13-14,18H,4,6,11-12,15H2,1-3H3,(H,27,30)(H,25,26,28). The Morgan fingerprint density at radius 2 is 1.77 bits per heavy atom. The largest absolute Gasteiger partial charge is 0.326 e. The van der Waals surface area contributed by atoms with Crippen LogP contribution in [0.2, 0.25) is 0 Å². The molecule has 0 spiro atoms. The van der Waals surface area contributed by atoms with E-state index in [1.54, 1.807) is 6.07 Å². The second-order valence-corrected chi connectivity index (χ2v) is 11.5. The van der Waals surface area contributed by atoms with Crippen molar-refractivity contribution < 1.29 is 22.8 Å². The van der Waals surface area contributed by atoms with Crippen molar-refractivity contribution in [2.45, 2.75) is 51.3 Å². The Kier molecular flexibility index (Phi) is 6.39. The lowest BCUT2D eigenvalue weighted by molar-refractivity contribution is -0.168. The molecule has 186 valence electrons. The summed E-state index contributed by atoms with van der Waals surface area (Å²) < 4.78 is 27.2. The minimum Gasteiger partial charge on any atom is -0.326 e. The molecule has 2 fully saturated rings. The van der Waals surface area contributed by atoms with E-state index >= 15 is 0 Å². The SMILES string of the molecule is CC12CCC(C(=O)N(CCCC(=O)Nc3ccc(S(=O)(=O)Nc4ncccn4)cc3)C1=O)C2(C)C. The summed E-state index contributed by atoms with van der Waals surface area (Å²) in [7, 11) is -3.87. The molecule has 1 saturated heterocycles. The van der Waals surface area contributed by atoms with Crippen LogP contribution in [0, 0.1) is 16.7 Å². The van der Waals surface area contributed by atoms with Gasteiger partial charge in [0.05, 0.1) is 10.3 Å². The van der Waals surface area contributed by atoms with Crippen LogP contribution in [-0.2, 0) is 24.4 Å². The van der Waals surface area contributed by atoms with Gasteiger partial charge in [-0.05, 0) is 55.0 Å². The average molecular weight is 500 g/mol. The number of amides is 3. The summed E-state index contributed by atoms with van der Waals surface area (Å²) in [6.45, 7) is 6.13. The molecule has 0 radical (unpaired) electrons. The van der Waals surface area contributed by atoms with Gasteiger partial charge in [0.25, 0.3) is 10.0 Å². The number of rotatable bonds is 8. The van der Waals surface area contributed by atoms with Crippen LogP contribution in [0.1, 0.15) is 46.5 Å². The summed E-state index contributed by atoms with van der Waals surface area (Å²) >= 11 is 0. The van der Waals surface area contributed by atoms with Crippen molar-refractivity contribution >= 4 is 39.4 Å². The first kappa shape index (κ1) is 24.8. The van der Waals surface area contributed by atoms with E-state index < -0.39 is 15.4 Å². The molecule has 1 aliphatic carbocycles. The number of likely N-dealkylation sites (tertiary alicyclic amines) is 1. The number of hydrogen-bond donors (Lipinski definition) is 2. The number of nitrogens with one attached hydrogen (secondary N) is 2. The van der Waals surface area contributed by atoms with E-state index in [4.69, 9.17) is 0 Å². The summed E-state index contributed by atoms with van der Waals surface area (Å²) in [4.78, 5) is 47.4. The van der Waals surface area contributed by atoms with Crippen molar-refractivity contribution in [3.63, 3.8) is 0 Å². The second kappa shape index (κ2) is 9.03. The van der Waals surface area contributed by atoms with Crippen molar-refractivity contribution in [2.75, 3.05) is 16.6 Å². The van der Waals surface area contributed by atoms with E-state index in [9.17, 15) is 22.8 Å². The molecule has 2 heterocycles. The lowest BCUT2D eigenvalue weighted by Gasteiger charge is -2.47. The fraction of sp³-hybridized carbons (Fsp3) is 0.458. The molecule has 4 rings (SSSR count). The van der Waals surface area contributed by atoms with Gasteiger partial charge in [0.2, 0.25) is 23.7 Å². The molecule has 10 nitrogen and oxygen atoms in total. The summed E-state index contributed by atoms with van der Waals surface area (Å²) in [5.74, 6) is -0.782. The number of sulfonamides is 1. The number of anilines is 2. The molecular formula is C24H29N5O5S. The van der Waals surface area contributed by atoms with Crippen molar-refractivity contribution in [3.8, 4) is 0 Å². The van der Waals surface area contributed by atoms with Crippen LogP contribution in [0.25, 0.3) is 0 Å². The van der Waals surface area contributed by atoms with Crippen LogP contribution in [0.15, 0.2) is 47.6 Å². The van der Waals surface area contributed by atoms with Crippen molar-refractivity contribution in [1.82, 2.24) is 14.9 Å². The lowest BCUT2D eigenvalue weighted by Crippen LogP contribution is -2.59. The highest BCUT2D eigenvalue weighted by molar-refractivity contribution is 7.92. The maximum absolute atomic E-state index is 13.1. The number of imide groups is 1. The van der Waals surface area contributed by atoms with E-state index in [0.717, 1.165) is 0 Å². The van der Waals surface area contributed by atoms with Crippen molar-refractivity contribution in [1.29, 1.82) is 0 Å². The van der Waals surface area contributed by atoms with E-state index in [0.29, 0.717) is 24.9 Å². The third kappa shape index (κ3) is 4.52. The van der Waals surface area contributed by atoms with Crippen LogP contribution in [0.4, 0.5) is 11.6 Å². The fourth-order valence-electron chi connectivity index (χ4n) is 4.98. The third-order valence-corrected chi connectivity index (χ3v) is 8.88. The Labute approximate surface area is 204 Å². The van der Waals surface area contributed by atoms with E-state index in [2.05, 4.69) is 20.0 Å². The second-order valence-electron chi connectivity index (χ2n) is 9.79. The molecule has 1 aromatic heterocycles. The van der Waals surface area contributed by atoms with Crippen LogP contribution in [0.3, 0.4) is 0 Å². The highest BCUT2D eigenvalue weighted by atomic mass is 32.2. The number of hydrogen-bond acceptors (Lipinski definition) is 7. The smallest absolute Gasteiger partial charge is 0.264 e. The Balaban J connectivity index is 1.30. The minimum absolute atomic E-state index is 0.00359. The zero-order valence-corrected chi connectivity index (χ0v) is 20.8. The van der Waals surface area contributed by atoms with Gasteiger partial charge in [-0.2, -0.15) is 0 Å². The quantitative estimate of drug-likeness (QED) is 0.533. The highest BCUT2D eigenvalue weighted by Gasteiger charge is 2.64. The predicted octanol–water partition coefficient (Wildman–Crippen LogP) is 2.81. The summed E-state index contributed by atoms with van der Waals surface area (Å²) in [6, 6.07) is 7.27. The molecule has 1 aliphatic heterocycles. The molecule has 1 aromatic carbocycles. The topological polar surface area (TPSA) is 138 Å². The van der Waals surface area contributed by atoms with Crippen molar-refractivity contribution in [2.24, 2.45) is 16.7 Å². The third-order valence-electron chi connectivity index (χ3n) is 7.53.